The molecular weight excluding hydrogens is 276 g/mol. The summed E-state index contributed by atoms with van der Waals surface area (Å²) in [6, 6.07) is 0. The second-order valence-electron chi connectivity index (χ2n) is 6.12. The molecule has 22 heavy (non-hydrogen) atoms. The fraction of sp³-hybridized carbons (Fsp3) is 0.789. The Labute approximate surface area is 135 Å². The van der Waals surface area contributed by atoms with E-state index in [4.69, 9.17) is 4.74 Å². The topological polar surface area (TPSA) is 43.4 Å². The van der Waals surface area contributed by atoms with Crippen molar-refractivity contribution in [3.63, 3.8) is 0 Å². The van der Waals surface area contributed by atoms with E-state index in [9.17, 15) is 9.59 Å². The van der Waals surface area contributed by atoms with Crippen molar-refractivity contribution in [3.05, 3.63) is 0 Å². The lowest BCUT2D eigenvalue weighted by molar-refractivity contribution is -0.145. The third-order valence-corrected chi connectivity index (χ3v) is 4.31. The number of ether oxygens (including phenoxy) is 1. The van der Waals surface area contributed by atoms with Gasteiger partial charge in [-0.15, -0.1) is 11.8 Å². The molecule has 1 saturated carbocycles. The fourth-order valence-corrected chi connectivity index (χ4v) is 2.97. The number of unbranched alkanes of at least 4 members (excludes halogenated alkanes) is 4. The summed E-state index contributed by atoms with van der Waals surface area (Å²) in [6.45, 7) is 4.70. The van der Waals surface area contributed by atoms with E-state index < -0.39 is 0 Å². The molecule has 3 heteroatoms. The number of esters is 1. The Morgan fingerprint density at radius 3 is 2.68 bits per heavy atom. The predicted molar refractivity (Wildman–Crippen MR) is 88.2 cm³/mol. The van der Waals surface area contributed by atoms with Gasteiger partial charge in [-0.1, -0.05) is 39.5 Å². The maximum atomic E-state index is 11.9. The highest BCUT2D eigenvalue weighted by molar-refractivity contribution is 5.84. The van der Waals surface area contributed by atoms with Gasteiger partial charge in [0, 0.05) is 31.6 Å². The number of rotatable bonds is 9. The first-order valence-corrected chi connectivity index (χ1v) is 8.83. The second kappa shape index (κ2) is 11.3. The summed E-state index contributed by atoms with van der Waals surface area (Å²) in [6.07, 6.45) is 8.93. The molecule has 0 saturated heterocycles. The van der Waals surface area contributed by atoms with Crippen LogP contribution < -0.4 is 0 Å². The van der Waals surface area contributed by atoms with Crippen LogP contribution in [-0.4, -0.2) is 18.4 Å². The highest BCUT2D eigenvalue weighted by Gasteiger charge is 2.35. The lowest BCUT2D eigenvalue weighted by Crippen LogP contribution is -2.19. The smallest absolute Gasteiger partial charge is 0.306 e. The highest BCUT2D eigenvalue weighted by atomic mass is 16.5. The molecule has 2 unspecified atom stereocenters. The van der Waals surface area contributed by atoms with E-state index in [0.29, 0.717) is 25.9 Å². The van der Waals surface area contributed by atoms with Crippen LogP contribution in [0.4, 0.5) is 0 Å². The van der Waals surface area contributed by atoms with Gasteiger partial charge in [-0.05, 0) is 18.8 Å². The van der Waals surface area contributed by atoms with Crippen molar-refractivity contribution >= 4 is 11.8 Å². The van der Waals surface area contributed by atoms with Crippen LogP contribution in [0.3, 0.4) is 0 Å². The van der Waals surface area contributed by atoms with Crippen LogP contribution in [0.5, 0.6) is 0 Å². The van der Waals surface area contributed by atoms with E-state index in [-0.39, 0.29) is 23.6 Å². The molecule has 1 rings (SSSR count). The zero-order valence-corrected chi connectivity index (χ0v) is 14.2. The highest BCUT2D eigenvalue weighted by Crippen LogP contribution is 2.33. The Balaban J connectivity index is 2.25. The molecule has 0 aromatic carbocycles. The molecule has 0 amide bonds. The SMILES string of the molecule is CCC#CCC1C(=O)CCC1CC(=O)OCCCCCCC. The van der Waals surface area contributed by atoms with Crippen molar-refractivity contribution in [1.82, 2.24) is 0 Å². The molecule has 0 heterocycles. The molecule has 1 aliphatic rings. The van der Waals surface area contributed by atoms with Crippen molar-refractivity contribution in [2.45, 2.75) is 78.1 Å². The molecule has 124 valence electrons. The summed E-state index contributed by atoms with van der Waals surface area (Å²) in [7, 11) is 0. The predicted octanol–water partition coefficient (Wildman–Crippen LogP) is 4.29. The largest absolute Gasteiger partial charge is 0.466 e. The Morgan fingerprint density at radius 2 is 1.95 bits per heavy atom. The summed E-state index contributed by atoms with van der Waals surface area (Å²) in [5.74, 6) is 6.26. The molecule has 0 aromatic rings. The molecule has 3 nitrogen and oxygen atoms in total. The van der Waals surface area contributed by atoms with Gasteiger partial charge in [0.15, 0.2) is 0 Å². The van der Waals surface area contributed by atoms with Gasteiger partial charge < -0.3 is 4.74 Å². The lowest BCUT2D eigenvalue weighted by atomic mass is 9.90. The third kappa shape index (κ3) is 7.11. The molecule has 0 aromatic heterocycles. The van der Waals surface area contributed by atoms with Gasteiger partial charge in [-0.25, -0.2) is 0 Å². The van der Waals surface area contributed by atoms with E-state index in [0.717, 1.165) is 25.7 Å². The Morgan fingerprint density at radius 1 is 1.18 bits per heavy atom. The maximum absolute atomic E-state index is 11.9. The first-order valence-electron chi connectivity index (χ1n) is 8.83. The number of Topliss-reactive ketones (excluding diaryl/α,β-unsaturated/α-hetero) is 1. The van der Waals surface area contributed by atoms with Crippen LogP contribution >= 0.6 is 0 Å². The number of hydrogen-bond donors (Lipinski definition) is 0. The fourth-order valence-electron chi connectivity index (χ4n) is 2.97. The van der Waals surface area contributed by atoms with Crippen LogP contribution in [-0.2, 0) is 14.3 Å². The number of hydrogen-bond acceptors (Lipinski definition) is 3. The van der Waals surface area contributed by atoms with E-state index >= 15 is 0 Å². The van der Waals surface area contributed by atoms with Gasteiger partial charge in [0.2, 0.25) is 0 Å². The monoisotopic (exact) mass is 306 g/mol. The van der Waals surface area contributed by atoms with Crippen LogP contribution in [0.25, 0.3) is 0 Å². The molecule has 0 N–H and O–H groups in total. The standard InChI is InChI=1S/C19H30O3/c1-3-5-7-8-10-14-22-19(21)15-16-12-13-18(20)17(16)11-9-6-4-2/h16-17H,3-5,7-8,10-15H2,1-2H3. The van der Waals surface area contributed by atoms with Gasteiger partial charge in [0.25, 0.3) is 0 Å². The van der Waals surface area contributed by atoms with E-state index in [1.165, 1.54) is 19.3 Å². The summed E-state index contributed by atoms with van der Waals surface area (Å²) in [5, 5.41) is 0. The molecule has 1 fully saturated rings. The van der Waals surface area contributed by atoms with Crippen LogP contribution in [0.15, 0.2) is 0 Å². The van der Waals surface area contributed by atoms with Crippen molar-refractivity contribution in [1.29, 1.82) is 0 Å². The first-order chi connectivity index (χ1) is 10.7. The number of ketones is 1. The summed E-state index contributed by atoms with van der Waals surface area (Å²) in [4.78, 5) is 23.8. The molecule has 0 spiro atoms. The normalized spacial score (nSPS) is 20.5. The third-order valence-electron chi connectivity index (χ3n) is 4.31. The summed E-state index contributed by atoms with van der Waals surface area (Å²) < 4.78 is 5.31. The average Bonchev–Trinajstić information content (AvgIpc) is 2.84. The Hall–Kier alpha value is -1.30. The molecule has 0 bridgehead atoms. The number of carbonyl (C=O) groups excluding carboxylic acids is 2. The van der Waals surface area contributed by atoms with Crippen molar-refractivity contribution < 1.29 is 14.3 Å². The van der Waals surface area contributed by atoms with Gasteiger partial charge in [0.1, 0.15) is 5.78 Å². The minimum atomic E-state index is -0.149. The maximum Gasteiger partial charge on any atom is 0.306 e. The van der Waals surface area contributed by atoms with Gasteiger partial charge in [0.05, 0.1) is 6.61 Å². The van der Waals surface area contributed by atoms with E-state index in [2.05, 4.69) is 18.8 Å². The van der Waals surface area contributed by atoms with Crippen LogP contribution in [0.1, 0.15) is 78.1 Å². The molecule has 1 aliphatic carbocycles. The minimum absolute atomic E-state index is 0.0591. The van der Waals surface area contributed by atoms with Crippen LogP contribution in [0, 0.1) is 23.7 Å². The summed E-state index contributed by atoms with van der Waals surface area (Å²) >= 11 is 0. The van der Waals surface area contributed by atoms with Crippen molar-refractivity contribution in [2.24, 2.45) is 11.8 Å². The van der Waals surface area contributed by atoms with Gasteiger partial charge in [-0.3, -0.25) is 9.59 Å². The minimum Gasteiger partial charge on any atom is -0.466 e. The van der Waals surface area contributed by atoms with Gasteiger partial charge in [-0.2, -0.15) is 0 Å². The van der Waals surface area contributed by atoms with Crippen LogP contribution in [0.2, 0.25) is 0 Å². The van der Waals surface area contributed by atoms with Gasteiger partial charge >= 0.3 is 5.97 Å². The van der Waals surface area contributed by atoms with E-state index in [1.54, 1.807) is 0 Å². The molecule has 0 aliphatic heterocycles. The molecular formula is C19H30O3. The molecule has 0 radical (unpaired) electrons. The lowest BCUT2D eigenvalue weighted by Gasteiger charge is -2.15. The summed E-state index contributed by atoms with van der Waals surface area (Å²) in [5.41, 5.74) is 0. The number of carbonyl (C=O) groups is 2. The molecule has 2 atom stereocenters. The zero-order valence-electron chi connectivity index (χ0n) is 14.2. The second-order valence-corrected chi connectivity index (χ2v) is 6.12. The van der Waals surface area contributed by atoms with Crippen molar-refractivity contribution in [2.75, 3.05) is 6.61 Å². The Kier molecular flexibility index (Phi) is 9.62. The average molecular weight is 306 g/mol. The first kappa shape index (κ1) is 18.7. The zero-order chi connectivity index (χ0) is 16.2. The quantitative estimate of drug-likeness (QED) is 0.362. The van der Waals surface area contributed by atoms with E-state index in [1.807, 2.05) is 6.92 Å². The van der Waals surface area contributed by atoms with Crippen molar-refractivity contribution in [3.8, 4) is 11.8 Å². The Bertz CT molecular complexity index is 403.